The predicted molar refractivity (Wildman–Crippen MR) is 126 cm³/mol. The molecular weight excluding hydrogens is 477 g/mol. The van der Waals surface area contributed by atoms with Crippen molar-refractivity contribution in [3.8, 4) is 11.5 Å². The van der Waals surface area contributed by atoms with Crippen LogP contribution in [0, 0.1) is 0 Å². The number of halogens is 3. The summed E-state index contributed by atoms with van der Waals surface area (Å²) in [6.07, 6.45) is -4.70. The van der Waals surface area contributed by atoms with Crippen molar-refractivity contribution in [1.82, 2.24) is 10.6 Å². The largest absolute Gasteiger partial charge is 0.493 e. The first-order chi connectivity index (χ1) is 17.0. The van der Waals surface area contributed by atoms with E-state index in [2.05, 4.69) is 10.6 Å². The number of dihydropyridines is 1. The van der Waals surface area contributed by atoms with Gasteiger partial charge < -0.3 is 24.8 Å². The summed E-state index contributed by atoms with van der Waals surface area (Å²) >= 11 is 0. The number of carbonyl (C=O) groups is 2. The van der Waals surface area contributed by atoms with Crippen LogP contribution < -0.4 is 20.1 Å². The number of nitrogens with one attached hydrogen (secondary N) is 2. The van der Waals surface area contributed by atoms with E-state index in [4.69, 9.17) is 14.2 Å². The number of allylic oxidation sites excluding steroid dienone is 2. The third-order valence-electron chi connectivity index (χ3n) is 5.89. The zero-order chi connectivity index (χ0) is 26.6. The second kappa shape index (κ2) is 10.8. The summed E-state index contributed by atoms with van der Waals surface area (Å²) in [5.41, 5.74) is 0.0556. The third-order valence-corrected chi connectivity index (χ3v) is 5.89. The molecule has 0 aliphatic carbocycles. The van der Waals surface area contributed by atoms with E-state index in [-0.39, 0.29) is 23.3 Å². The van der Waals surface area contributed by atoms with Crippen molar-refractivity contribution < 1.29 is 37.0 Å². The molecule has 1 atom stereocenters. The maximum Gasteiger partial charge on any atom is 0.416 e. The van der Waals surface area contributed by atoms with E-state index in [0.717, 1.165) is 13.2 Å². The number of carbonyl (C=O) groups excluding carboxylic acids is 2. The molecule has 0 spiro atoms. The Labute approximate surface area is 206 Å². The summed E-state index contributed by atoms with van der Waals surface area (Å²) in [4.78, 5) is 26.2. The standard InChI is InChI=1S/C26H27F3N2O5/c1-14-21(24(32)30-13-16-10-11-19(34-3)20(12-16)35-4)23(22(15(2)31-14)25(33)36-5)17-8-6-7-9-18(17)26(27,28)29/h6-12,23,31H,13H2,1-5H3,(H,30,32). The molecule has 0 saturated heterocycles. The molecule has 2 N–H and O–H groups in total. The van der Waals surface area contributed by atoms with Gasteiger partial charge in [0.05, 0.1) is 38.4 Å². The van der Waals surface area contributed by atoms with Crippen LogP contribution in [-0.2, 0) is 27.0 Å². The van der Waals surface area contributed by atoms with Crippen molar-refractivity contribution in [1.29, 1.82) is 0 Å². The highest BCUT2D eigenvalue weighted by Crippen LogP contribution is 2.44. The number of benzene rings is 2. The van der Waals surface area contributed by atoms with Crippen LogP contribution in [0.5, 0.6) is 11.5 Å². The quantitative estimate of drug-likeness (QED) is 0.542. The summed E-state index contributed by atoms with van der Waals surface area (Å²) < 4.78 is 57.2. The van der Waals surface area contributed by atoms with Gasteiger partial charge in [-0.25, -0.2) is 4.79 Å². The highest BCUT2D eigenvalue weighted by atomic mass is 19.4. The van der Waals surface area contributed by atoms with Gasteiger partial charge in [0.15, 0.2) is 11.5 Å². The van der Waals surface area contributed by atoms with E-state index in [9.17, 15) is 22.8 Å². The molecule has 1 heterocycles. The van der Waals surface area contributed by atoms with Gasteiger partial charge in [0.2, 0.25) is 5.91 Å². The van der Waals surface area contributed by atoms with Gasteiger partial charge in [-0.15, -0.1) is 0 Å². The minimum Gasteiger partial charge on any atom is -0.493 e. The number of rotatable bonds is 7. The van der Waals surface area contributed by atoms with Crippen LogP contribution in [0.2, 0.25) is 0 Å². The lowest BCUT2D eigenvalue weighted by atomic mass is 9.78. The lowest BCUT2D eigenvalue weighted by molar-refractivity contribution is -0.139. The number of alkyl halides is 3. The molecule has 2 aromatic rings. The topological polar surface area (TPSA) is 85.9 Å². The third kappa shape index (κ3) is 5.32. The van der Waals surface area contributed by atoms with Crippen LogP contribution in [0.3, 0.4) is 0 Å². The molecule has 0 radical (unpaired) electrons. The maximum absolute atomic E-state index is 14.0. The number of hydrogen-bond acceptors (Lipinski definition) is 6. The monoisotopic (exact) mass is 504 g/mol. The summed E-state index contributed by atoms with van der Waals surface area (Å²) in [6, 6.07) is 9.97. The van der Waals surface area contributed by atoms with E-state index in [0.29, 0.717) is 28.5 Å². The lowest BCUT2D eigenvalue weighted by Gasteiger charge is -2.32. The molecule has 1 aliphatic heterocycles. The molecule has 1 unspecified atom stereocenters. The first-order valence-corrected chi connectivity index (χ1v) is 11.0. The average Bonchev–Trinajstić information content (AvgIpc) is 2.85. The van der Waals surface area contributed by atoms with Crippen molar-refractivity contribution in [2.24, 2.45) is 0 Å². The predicted octanol–water partition coefficient (Wildman–Crippen LogP) is 4.45. The van der Waals surface area contributed by atoms with Crippen LogP contribution in [0.15, 0.2) is 65.0 Å². The smallest absolute Gasteiger partial charge is 0.416 e. The van der Waals surface area contributed by atoms with Crippen LogP contribution in [0.1, 0.15) is 36.5 Å². The zero-order valence-corrected chi connectivity index (χ0v) is 20.5. The van der Waals surface area contributed by atoms with Gasteiger partial charge in [-0.3, -0.25) is 4.79 Å². The fraction of sp³-hybridized carbons (Fsp3) is 0.308. The van der Waals surface area contributed by atoms with Gasteiger partial charge in [-0.05, 0) is 43.2 Å². The molecule has 36 heavy (non-hydrogen) atoms. The van der Waals surface area contributed by atoms with Gasteiger partial charge >= 0.3 is 12.1 Å². The van der Waals surface area contributed by atoms with Gasteiger partial charge in [-0.2, -0.15) is 13.2 Å². The maximum atomic E-state index is 14.0. The number of esters is 1. The van der Waals surface area contributed by atoms with Crippen LogP contribution in [0.4, 0.5) is 13.2 Å². The van der Waals surface area contributed by atoms with E-state index < -0.39 is 29.5 Å². The number of ether oxygens (including phenoxy) is 3. The minimum atomic E-state index is -4.70. The Balaban J connectivity index is 2.05. The fourth-order valence-corrected chi connectivity index (χ4v) is 4.26. The molecule has 10 heteroatoms. The van der Waals surface area contributed by atoms with Gasteiger partial charge in [0, 0.05) is 23.5 Å². The van der Waals surface area contributed by atoms with Gasteiger partial charge in [-0.1, -0.05) is 24.3 Å². The van der Waals surface area contributed by atoms with Crippen molar-refractivity contribution in [3.63, 3.8) is 0 Å². The van der Waals surface area contributed by atoms with Crippen molar-refractivity contribution in [2.45, 2.75) is 32.5 Å². The minimum absolute atomic E-state index is 0.0156. The van der Waals surface area contributed by atoms with Gasteiger partial charge in [0.25, 0.3) is 0 Å². The number of amides is 1. The van der Waals surface area contributed by atoms with Gasteiger partial charge in [0.1, 0.15) is 0 Å². The first kappa shape index (κ1) is 26.7. The Bertz CT molecular complexity index is 1230. The summed E-state index contributed by atoms with van der Waals surface area (Å²) in [6.45, 7) is 3.18. The number of hydrogen-bond donors (Lipinski definition) is 2. The van der Waals surface area contributed by atoms with E-state index in [1.54, 1.807) is 32.0 Å². The summed E-state index contributed by atoms with van der Waals surface area (Å²) in [5, 5.41) is 5.69. The van der Waals surface area contributed by atoms with Crippen LogP contribution in [0.25, 0.3) is 0 Å². The molecule has 0 aromatic heterocycles. The second-order valence-electron chi connectivity index (χ2n) is 8.08. The van der Waals surface area contributed by atoms with Crippen molar-refractivity contribution in [2.75, 3.05) is 21.3 Å². The Morgan fingerprint density at radius 2 is 1.58 bits per heavy atom. The average molecular weight is 505 g/mol. The molecule has 3 rings (SSSR count). The van der Waals surface area contributed by atoms with E-state index >= 15 is 0 Å². The van der Waals surface area contributed by atoms with Crippen molar-refractivity contribution >= 4 is 11.9 Å². The molecule has 7 nitrogen and oxygen atoms in total. The first-order valence-electron chi connectivity index (χ1n) is 11.0. The highest BCUT2D eigenvalue weighted by molar-refractivity contribution is 6.02. The molecular formula is C26H27F3N2O5. The lowest BCUT2D eigenvalue weighted by Crippen LogP contribution is -2.36. The highest BCUT2D eigenvalue weighted by Gasteiger charge is 2.42. The summed E-state index contributed by atoms with van der Waals surface area (Å²) in [5.74, 6) is -1.80. The molecule has 0 fully saturated rings. The fourth-order valence-electron chi connectivity index (χ4n) is 4.26. The summed E-state index contributed by atoms with van der Waals surface area (Å²) in [7, 11) is 4.11. The molecule has 0 bridgehead atoms. The Hall–Kier alpha value is -3.95. The molecule has 0 saturated carbocycles. The van der Waals surface area contributed by atoms with Crippen LogP contribution >= 0.6 is 0 Å². The Morgan fingerprint density at radius 3 is 2.19 bits per heavy atom. The number of methoxy groups -OCH3 is 3. The van der Waals surface area contributed by atoms with Crippen molar-refractivity contribution in [3.05, 3.63) is 81.7 Å². The normalized spacial score (nSPS) is 15.8. The molecule has 1 amide bonds. The van der Waals surface area contributed by atoms with Crippen LogP contribution in [-0.4, -0.2) is 33.2 Å². The molecule has 192 valence electrons. The van der Waals surface area contributed by atoms with E-state index in [1.165, 1.54) is 32.4 Å². The molecule has 2 aromatic carbocycles. The Morgan fingerprint density at radius 1 is 0.944 bits per heavy atom. The zero-order valence-electron chi connectivity index (χ0n) is 20.5. The molecule has 1 aliphatic rings. The Kier molecular flexibility index (Phi) is 7.96. The second-order valence-corrected chi connectivity index (χ2v) is 8.08. The SMILES string of the molecule is COC(=O)C1=C(C)NC(C)=C(C(=O)NCc2ccc(OC)c(OC)c2)C1c1ccccc1C(F)(F)F. The van der Waals surface area contributed by atoms with E-state index in [1.807, 2.05) is 0 Å².